The number of nitrogens with one attached hydrogen (secondary N) is 1. The number of nitrogens with zero attached hydrogens (tertiary/aromatic N) is 2. The van der Waals surface area contributed by atoms with Crippen molar-refractivity contribution >= 4 is 5.91 Å². The SMILES string of the molecule is CCCOc1nn(CCC)cc1C(=O)NCC(OCC)OCC. The van der Waals surface area contributed by atoms with Crippen LogP contribution in [0, 0.1) is 0 Å². The van der Waals surface area contributed by atoms with Crippen LogP contribution in [-0.4, -0.2) is 48.3 Å². The van der Waals surface area contributed by atoms with Crippen molar-refractivity contribution in [3.05, 3.63) is 11.8 Å². The standard InChI is InChI=1S/C16H29N3O4/c1-5-9-19-12-13(16(18-19)23-10-6-2)15(20)17-11-14(21-7-3)22-8-4/h12,14H,5-11H2,1-4H3,(H,17,20). The molecule has 0 radical (unpaired) electrons. The Bertz CT molecular complexity index is 456. The first-order valence-corrected chi connectivity index (χ1v) is 8.37. The molecule has 1 aromatic rings. The third-order valence-corrected chi connectivity index (χ3v) is 3.00. The van der Waals surface area contributed by atoms with Crippen LogP contribution in [0.3, 0.4) is 0 Å². The Hall–Kier alpha value is -1.60. The van der Waals surface area contributed by atoms with Gasteiger partial charge in [-0.1, -0.05) is 13.8 Å². The van der Waals surface area contributed by atoms with Gasteiger partial charge in [-0.15, -0.1) is 5.10 Å². The molecule has 1 aromatic heterocycles. The van der Waals surface area contributed by atoms with Crippen LogP contribution in [0.25, 0.3) is 0 Å². The minimum atomic E-state index is -0.445. The number of hydrogen-bond donors (Lipinski definition) is 1. The summed E-state index contributed by atoms with van der Waals surface area (Å²) in [6.45, 7) is 10.5. The average Bonchev–Trinajstić information content (AvgIpc) is 2.94. The molecule has 1 amide bonds. The summed E-state index contributed by atoms with van der Waals surface area (Å²) in [4.78, 5) is 12.4. The first-order valence-electron chi connectivity index (χ1n) is 8.37. The highest BCUT2D eigenvalue weighted by Gasteiger charge is 2.19. The molecule has 23 heavy (non-hydrogen) atoms. The van der Waals surface area contributed by atoms with E-state index in [1.54, 1.807) is 10.9 Å². The fourth-order valence-electron chi connectivity index (χ4n) is 2.02. The predicted octanol–water partition coefficient (Wildman–Crippen LogP) is 2.21. The molecule has 7 nitrogen and oxygen atoms in total. The molecule has 0 fully saturated rings. The molecule has 0 aliphatic heterocycles. The molecular formula is C16H29N3O4. The Labute approximate surface area is 138 Å². The normalized spacial score (nSPS) is 11.0. The lowest BCUT2D eigenvalue weighted by atomic mass is 10.3. The summed E-state index contributed by atoms with van der Waals surface area (Å²) in [6, 6.07) is 0. The third kappa shape index (κ3) is 6.58. The summed E-state index contributed by atoms with van der Waals surface area (Å²) in [5, 5.41) is 7.15. The van der Waals surface area contributed by atoms with E-state index in [1.165, 1.54) is 0 Å². The van der Waals surface area contributed by atoms with Crippen molar-refractivity contribution in [1.29, 1.82) is 0 Å². The maximum atomic E-state index is 12.4. The van der Waals surface area contributed by atoms with Gasteiger partial charge in [-0.2, -0.15) is 0 Å². The van der Waals surface area contributed by atoms with E-state index >= 15 is 0 Å². The molecule has 1 heterocycles. The van der Waals surface area contributed by atoms with Crippen LogP contribution in [0.2, 0.25) is 0 Å². The van der Waals surface area contributed by atoms with E-state index in [9.17, 15) is 4.79 Å². The van der Waals surface area contributed by atoms with Crippen LogP contribution in [0.4, 0.5) is 0 Å². The van der Waals surface area contributed by atoms with E-state index < -0.39 is 6.29 Å². The van der Waals surface area contributed by atoms with Crippen molar-refractivity contribution in [2.45, 2.75) is 53.4 Å². The van der Waals surface area contributed by atoms with Crippen molar-refractivity contribution in [3.63, 3.8) is 0 Å². The van der Waals surface area contributed by atoms with Gasteiger partial charge in [0, 0.05) is 26.0 Å². The maximum Gasteiger partial charge on any atom is 0.258 e. The second kappa shape index (κ2) is 11.0. The van der Waals surface area contributed by atoms with Crippen molar-refractivity contribution in [2.75, 3.05) is 26.4 Å². The van der Waals surface area contributed by atoms with Crippen LogP contribution >= 0.6 is 0 Å². The summed E-state index contributed by atoms with van der Waals surface area (Å²) in [5.74, 6) is 0.144. The topological polar surface area (TPSA) is 74.6 Å². The minimum Gasteiger partial charge on any atom is -0.476 e. The molecule has 0 aliphatic carbocycles. The molecule has 0 saturated heterocycles. The zero-order chi connectivity index (χ0) is 17.1. The molecule has 0 aromatic carbocycles. The number of aryl methyl sites for hydroxylation is 1. The highest BCUT2D eigenvalue weighted by atomic mass is 16.7. The van der Waals surface area contributed by atoms with E-state index in [0.29, 0.717) is 31.3 Å². The number of aromatic nitrogens is 2. The number of hydrogen-bond acceptors (Lipinski definition) is 5. The highest BCUT2D eigenvalue weighted by molar-refractivity contribution is 5.96. The molecule has 0 unspecified atom stereocenters. The van der Waals surface area contributed by atoms with Gasteiger partial charge in [0.15, 0.2) is 6.29 Å². The number of rotatable bonds is 12. The summed E-state index contributed by atoms with van der Waals surface area (Å²) in [7, 11) is 0. The van der Waals surface area contributed by atoms with Crippen LogP contribution < -0.4 is 10.1 Å². The van der Waals surface area contributed by atoms with Gasteiger partial charge < -0.3 is 19.5 Å². The lowest BCUT2D eigenvalue weighted by molar-refractivity contribution is -0.131. The van der Waals surface area contributed by atoms with Gasteiger partial charge in [-0.25, -0.2) is 0 Å². The monoisotopic (exact) mass is 327 g/mol. The van der Waals surface area contributed by atoms with Crippen molar-refractivity contribution in [2.24, 2.45) is 0 Å². The smallest absolute Gasteiger partial charge is 0.258 e. The number of amides is 1. The average molecular weight is 327 g/mol. The van der Waals surface area contributed by atoms with Gasteiger partial charge in [0.05, 0.1) is 13.2 Å². The predicted molar refractivity (Wildman–Crippen MR) is 87.7 cm³/mol. The Balaban J connectivity index is 2.72. The maximum absolute atomic E-state index is 12.4. The molecule has 7 heteroatoms. The zero-order valence-electron chi connectivity index (χ0n) is 14.6. The fourth-order valence-corrected chi connectivity index (χ4v) is 2.02. The van der Waals surface area contributed by atoms with Gasteiger partial charge in [-0.3, -0.25) is 9.48 Å². The van der Waals surface area contributed by atoms with Gasteiger partial charge >= 0.3 is 0 Å². The molecule has 0 saturated carbocycles. The summed E-state index contributed by atoms with van der Waals surface area (Å²) in [6.07, 6.45) is 3.07. The van der Waals surface area contributed by atoms with E-state index in [4.69, 9.17) is 14.2 Å². The van der Waals surface area contributed by atoms with E-state index in [0.717, 1.165) is 19.4 Å². The zero-order valence-corrected chi connectivity index (χ0v) is 14.6. The van der Waals surface area contributed by atoms with E-state index in [-0.39, 0.29) is 12.5 Å². The van der Waals surface area contributed by atoms with Gasteiger partial charge in [0.1, 0.15) is 5.56 Å². The summed E-state index contributed by atoms with van der Waals surface area (Å²) < 4.78 is 18.2. The second-order valence-electron chi connectivity index (χ2n) is 5.01. The molecule has 1 rings (SSSR count). The Kier molecular flexibility index (Phi) is 9.31. The third-order valence-electron chi connectivity index (χ3n) is 3.00. The molecule has 132 valence electrons. The molecular weight excluding hydrogens is 298 g/mol. The number of carbonyl (C=O) groups excluding carboxylic acids is 1. The van der Waals surface area contributed by atoms with Gasteiger partial charge in [0.2, 0.25) is 5.88 Å². The molecule has 0 aliphatic rings. The molecule has 0 atom stereocenters. The Morgan fingerprint density at radius 2 is 1.91 bits per heavy atom. The number of ether oxygens (including phenoxy) is 3. The largest absolute Gasteiger partial charge is 0.476 e. The van der Waals surface area contributed by atoms with Crippen molar-refractivity contribution in [3.8, 4) is 5.88 Å². The summed E-state index contributed by atoms with van der Waals surface area (Å²) in [5.41, 5.74) is 0.443. The molecule has 0 spiro atoms. The lowest BCUT2D eigenvalue weighted by Crippen LogP contribution is -2.35. The second-order valence-corrected chi connectivity index (χ2v) is 5.01. The first kappa shape index (κ1) is 19.4. The van der Waals surface area contributed by atoms with Crippen LogP contribution in [0.5, 0.6) is 5.88 Å². The van der Waals surface area contributed by atoms with E-state index in [2.05, 4.69) is 17.3 Å². The van der Waals surface area contributed by atoms with Crippen LogP contribution in [0.1, 0.15) is 50.9 Å². The number of carbonyl (C=O) groups is 1. The molecule has 0 bridgehead atoms. The quantitative estimate of drug-likeness (QED) is 0.596. The minimum absolute atomic E-state index is 0.233. The van der Waals surface area contributed by atoms with Gasteiger partial charge in [-0.05, 0) is 26.7 Å². The van der Waals surface area contributed by atoms with Crippen molar-refractivity contribution in [1.82, 2.24) is 15.1 Å². The fraction of sp³-hybridized carbons (Fsp3) is 0.750. The van der Waals surface area contributed by atoms with Gasteiger partial charge in [0.25, 0.3) is 5.91 Å². The highest BCUT2D eigenvalue weighted by Crippen LogP contribution is 2.16. The molecule has 1 N–H and O–H groups in total. The summed E-state index contributed by atoms with van der Waals surface area (Å²) >= 11 is 0. The van der Waals surface area contributed by atoms with Crippen LogP contribution in [-0.2, 0) is 16.0 Å². The van der Waals surface area contributed by atoms with Crippen molar-refractivity contribution < 1.29 is 19.0 Å². The first-order chi connectivity index (χ1) is 11.2. The Morgan fingerprint density at radius 3 is 2.48 bits per heavy atom. The Morgan fingerprint density at radius 1 is 1.22 bits per heavy atom. The lowest BCUT2D eigenvalue weighted by Gasteiger charge is -2.17. The van der Waals surface area contributed by atoms with E-state index in [1.807, 2.05) is 20.8 Å². The van der Waals surface area contributed by atoms with Crippen LogP contribution in [0.15, 0.2) is 6.20 Å².